The van der Waals surface area contributed by atoms with Gasteiger partial charge in [0.2, 0.25) is 0 Å². The first kappa shape index (κ1) is 14.9. The van der Waals surface area contributed by atoms with E-state index in [-0.39, 0.29) is 5.75 Å². The fourth-order valence-electron chi connectivity index (χ4n) is 1.97. The van der Waals surface area contributed by atoms with Crippen LogP contribution in [0.4, 0.5) is 0 Å². The lowest BCUT2D eigenvalue weighted by atomic mass is 10.1. The predicted molar refractivity (Wildman–Crippen MR) is 66.8 cm³/mol. The van der Waals surface area contributed by atoms with E-state index < -0.39 is 10.1 Å². The fraction of sp³-hybridized carbons (Fsp3) is 1.00. The van der Waals surface area contributed by atoms with Crippen LogP contribution in [0, 0.1) is 0 Å². The Kier molecular flexibility index (Phi) is 7.03. The molecule has 1 aliphatic rings. The van der Waals surface area contributed by atoms with Crippen LogP contribution in [0.25, 0.3) is 0 Å². The summed E-state index contributed by atoms with van der Waals surface area (Å²) in [4.78, 5) is 2.40. The first-order valence-electron chi connectivity index (χ1n) is 6.33. The first-order chi connectivity index (χ1) is 8.08. The van der Waals surface area contributed by atoms with Gasteiger partial charge in [0.15, 0.2) is 0 Å². The molecular weight excluding hydrogens is 242 g/mol. The van der Waals surface area contributed by atoms with Crippen molar-refractivity contribution in [2.75, 3.05) is 38.6 Å². The molecule has 0 atom stereocenters. The Morgan fingerprint density at radius 2 is 1.59 bits per heavy atom. The minimum absolute atomic E-state index is 0.101. The van der Waals surface area contributed by atoms with Crippen molar-refractivity contribution in [2.45, 2.75) is 32.1 Å². The second-order valence-corrected chi connectivity index (χ2v) is 6.08. The van der Waals surface area contributed by atoms with Crippen molar-refractivity contribution in [3.63, 3.8) is 0 Å². The molecule has 0 aliphatic carbocycles. The molecule has 1 rings (SSSR count). The van der Waals surface area contributed by atoms with Crippen LogP contribution in [0.15, 0.2) is 0 Å². The van der Waals surface area contributed by atoms with Gasteiger partial charge in [0, 0.05) is 13.1 Å². The fourth-order valence-corrected chi connectivity index (χ4v) is 2.54. The molecule has 102 valence electrons. The summed E-state index contributed by atoms with van der Waals surface area (Å²) in [7, 11) is -3.76. The maximum absolute atomic E-state index is 10.5. The van der Waals surface area contributed by atoms with E-state index in [4.69, 9.17) is 9.29 Å². The van der Waals surface area contributed by atoms with Crippen molar-refractivity contribution in [3.8, 4) is 0 Å². The Morgan fingerprint density at radius 1 is 1.00 bits per heavy atom. The van der Waals surface area contributed by atoms with E-state index in [0.717, 1.165) is 58.5 Å². The quantitative estimate of drug-likeness (QED) is 0.527. The molecule has 5 nitrogen and oxygen atoms in total. The number of nitrogens with zero attached hydrogens (tertiary/aromatic N) is 1. The van der Waals surface area contributed by atoms with Crippen LogP contribution in [0.5, 0.6) is 0 Å². The maximum Gasteiger partial charge on any atom is 0.264 e. The number of hydrogen-bond donors (Lipinski definition) is 1. The average molecular weight is 265 g/mol. The zero-order chi connectivity index (χ0) is 12.6. The molecule has 1 saturated heterocycles. The summed E-state index contributed by atoms with van der Waals surface area (Å²) in [5, 5.41) is 0. The molecule has 0 bridgehead atoms. The highest BCUT2D eigenvalue weighted by molar-refractivity contribution is 7.85. The largest absolute Gasteiger partial charge is 0.379 e. The van der Waals surface area contributed by atoms with Crippen LogP contribution >= 0.6 is 0 Å². The Bertz CT molecular complexity index is 286. The summed E-state index contributed by atoms with van der Waals surface area (Å²) >= 11 is 0. The van der Waals surface area contributed by atoms with Gasteiger partial charge in [-0.05, 0) is 19.4 Å². The summed E-state index contributed by atoms with van der Waals surface area (Å²) < 4.78 is 34.7. The molecule has 1 heterocycles. The van der Waals surface area contributed by atoms with E-state index >= 15 is 0 Å². The van der Waals surface area contributed by atoms with Gasteiger partial charge in [0.25, 0.3) is 10.1 Å². The lowest BCUT2D eigenvalue weighted by molar-refractivity contribution is 0.0371. The van der Waals surface area contributed by atoms with E-state index in [0.29, 0.717) is 6.42 Å². The highest BCUT2D eigenvalue weighted by Crippen LogP contribution is 2.06. The van der Waals surface area contributed by atoms with E-state index in [2.05, 4.69) is 4.90 Å². The predicted octanol–water partition coefficient (Wildman–Crippen LogP) is 1.16. The smallest absolute Gasteiger partial charge is 0.264 e. The summed E-state index contributed by atoms with van der Waals surface area (Å²) in [6.45, 7) is 4.86. The number of unbranched alkanes of at least 4 members (excludes halogenated alkanes) is 4. The summed E-state index contributed by atoms with van der Waals surface area (Å²) in [5.74, 6) is -0.101. The van der Waals surface area contributed by atoms with Crippen LogP contribution in [0.2, 0.25) is 0 Å². The molecule has 0 aromatic carbocycles. The van der Waals surface area contributed by atoms with Gasteiger partial charge in [-0.25, -0.2) is 0 Å². The SMILES string of the molecule is O=S(=O)(O)CCCCCCCN1CCOCC1. The van der Waals surface area contributed by atoms with Crippen molar-refractivity contribution in [1.29, 1.82) is 0 Å². The van der Waals surface area contributed by atoms with Crippen molar-refractivity contribution in [3.05, 3.63) is 0 Å². The van der Waals surface area contributed by atoms with E-state index in [1.165, 1.54) is 0 Å². The van der Waals surface area contributed by atoms with Crippen molar-refractivity contribution in [1.82, 2.24) is 4.90 Å². The molecule has 0 spiro atoms. The van der Waals surface area contributed by atoms with Crippen LogP contribution in [0.3, 0.4) is 0 Å². The molecule has 1 aliphatic heterocycles. The normalized spacial score (nSPS) is 18.4. The lowest BCUT2D eigenvalue weighted by Crippen LogP contribution is -2.36. The Labute approximate surface area is 104 Å². The first-order valence-corrected chi connectivity index (χ1v) is 7.94. The molecule has 0 saturated carbocycles. The highest BCUT2D eigenvalue weighted by atomic mass is 32.2. The van der Waals surface area contributed by atoms with Gasteiger partial charge in [-0.2, -0.15) is 8.42 Å². The molecule has 0 unspecified atom stereocenters. The lowest BCUT2D eigenvalue weighted by Gasteiger charge is -2.26. The van der Waals surface area contributed by atoms with E-state index in [1.54, 1.807) is 0 Å². The van der Waals surface area contributed by atoms with Crippen molar-refractivity contribution < 1.29 is 17.7 Å². The second kappa shape index (κ2) is 8.02. The molecule has 17 heavy (non-hydrogen) atoms. The summed E-state index contributed by atoms with van der Waals surface area (Å²) in [6, 6.07) is 0. The van der Waals surface area contributed by atoms with Gasteiger partial charge < -0.3 is 4.74 Å². The minimum Gasteiger partial charge on any atom is -0.379 e. The zero-order valence-corrected chi connectivity index (χ0v) is 11.1. The van der Waals surface area contributed by atoms with Gasteiger partial charge in [-0.1, -0.05) is 19.3 Å². The molecular formula is C11H23NO4S. The standard InChI is InChI=1S/C11H23NO4S/c13-17(14,15)11-5-3-1-2-4-6-12-7-9-16-10-8-12/h1-11H2,(H,13,14,15). The maximum atomic E-state index is 10.5. The van der Waals surface area contributed by atoms with Crippen molar-refractivity contribution in [2.24, 2.45) is 0 Å². The van der Waals surface area contributed by atoms with Crippen molar-refractivity contribution >= 4 is 10.1 Å². The summed E-state index contributed by atoms with van der Waals surface area (Å²) in [6.07, 6.45) is 4.77. The Morgan fingerprint density at radius 3 is 2.24 bits per heavy atom. The number of ether oxygens (including phenoxy) is 1. The van der Waals surface area contributed by atoms with Crippen LogP contribution in [0.1, 0.15) is 32.1 Å². The monoisotopic (exact) mass is 265 g/mol. The van der Waals surface area contributed by atoms with Crippen LogP contribution in [-0.2, 0) is 14.9 Å². The Hall–Kier alpha value is -0.170. The summed E-state index contributed by atoms with van der Waals surface area (Å²) in [5.41, 5.74) is 0. The molecule has 1 N–H and O–H groups in total. The third-order valence-electron chi connectivity index (χ3n) is 2.98. The molecule has 0 aromatic rings. The number of morpholine rings is 1. The third-order valence-corrected chi connectivity index (χ3v) is 3.78. The van der Waals surface area contributed by atoms with Gasteiger partial charge >= 0.3 is 0 Å². The van der Waals surface area contributed by atoms with Gasteiger partial charge in [-0.15, -0.1) is 0 Å². The zero-order valence-electron chi connectivity index (χ0n) is 10.3. The van der Waals surface area contributed by atoms with Gasteiger partial charge in [0.1, 0.15) is 0 Å². The topological polar surface area (TPSA) is 66.8 Å². The third kappa shape index (κ3) is 8.54. The highest BCUT2D eigenvalue weighted by Gasteiger charge is 2.09. The van der Waals surface area contributed by atoms with Crippen LogP contribution in [-0.4, -0.2) is 56.5 Å². The average Bonchev–Trinajstić information content (AvgIpc) is 2.28. The van der Waals surface area contributed by atoms with Gasteiger partial charge in [0.05, 0.1) is 19.0 Å². The molecule has 1 fully saturated rings. The number of rotatable bonds is 8. The van der Waals surface area contributed by atoms with E-state index in [9.17, 15) is 8.42 Å². The molecule has 0 radical (unpaired) electrons. The number of hydrogen-bond acceptors (Lipinski definition) is 4. The molecule has 0 aromatic heterocycles. The molecule has 6 heteroatoms. The van der Waals surface area contributed by atoms with Crippen LogP contribution < -0.4 is 0 Å². The van der Waals surface area contributed by atoms with Gasteiger partial charge in [-0.3, -0.25) is 9.45 Å². The van der Waals surface area contributed by atoms with E-state index in [1.807, 2.05) is 0 Å². The molecule has 0 amide bonds. The second-order valence-electron chi connectivity index (χ2n) is 4.51. The Balaban J connectivity index is 1.87. The minimum atomic E-state index is -3.76.